The van der Waals surface area contributed by atoms with Gasteiger partial charge in [-0.2, -0.15) is 0 Å². The molecule has 0 saturated carbocycles. The number of nitrogen functional groups attached to an aromatic ring is 1. The zero-order valence-corrected chi connectivity index (χ0v) is 17.2. The van der Waals surface area contributed by atoms with Gasteiger partial charge in [-0.1, -0.05) is 0 Å². The van der Waals surface area contributed by atoms with E-state index >= 15 is 0 Å². The van der Waals surface area contributed by atoms with Crippen LogP contribution in [-0.2, 0) is 19.1 Å². The van der Waals surface area contributed by atoms with E-state index in [1.807, 2.05) is 0 Å². The molecule has 0 unspecified atom stereocenters. The van der Waals surface area contributed by atoms with Gasteiger partial charge in [0.15, 0.2) is 0 Å². The van der Waals surface area contributed by atoms with E-state index in [4.69, 9.17) is 15.2 Å². The Morgan fingerprint density at radius 3 is 2.14 bits per heavy atom. The molecule has 1 amide bonds. The Morgan fingerprint density at radius 1 is 1.07 bits per heavy atom. The maximum absolute atomic E-state index is 13.6. The van der Waals surface area contributed by atoms with Crippen LogP contribution in [-0.4, -0.2) is 35.1 Å². The monoisotopic (exact) mass is 396 g/mol. The van der Waals surface area contributed by atoms with Gasteiger partial charge >= 0.3 is 11.9 Å². The van der Waals surface area contributed by atoms with Gasteiger partial charge < -0.3 is 20.5 Å². The van der Waals surface area contributed by atoms with Crippen molar-refractivity contribution in [3.05, 3.63) is 29.6 Å². The molecule has 0 radical (unpaired) electrons. The summed E-state index contributed by atoms with van der Waals surface area (Å²) >= 11 is 0. The van der Waals surface area contributed by atoms with Crippen LogP contribution in [0.5, 0.6) is 0 Å². The third-order valence-electron chi connectivity index (χ3n) is 3.32. The average molecular weight is 396 g/mol. The summed E-state index contributed by atoms with van der Waals surface area (Å²) in [6, 6.07) is 2.48. The largest absolute Gasteiger partial charge is 0.460 e. The molecule has 0 aliphatic carbocycles. The van der Waals surface area contributed by atoms with Gasteiger partial charge in [-0.15, -0.1) is 0 Å². The van der Waals surface area contributed by atoms with Crippen LogP contribution in [0.2, 0.25) is 0 Å². The first kappa shape index (κ1) is 23.4. The number of anilines is 1. The summed E-state index contributed by atoms with van der Waals surface area (Å²) in [5.41, 5.74) is 3.87. The number of ether oxygens (including phenoxy) is 2. The van der Waals surface area contributed by atoms with Gasteiger partial charge in [0.1, 0.15) is 23.1 Å². The Balaban J connectivity index is 2.90. The SMILES string of the molecule is CC(C)(C)OC(=O)CC[C@H](NC(=O)c1ccc(N)c(F)c1)C(=O)OC(C)(C)C. The molecule has 0 heterocycles. The van der Waals surface area contributed by atoms with Gasteiger partial charge in [-0.3, -0.25) is 9.59 Å². The quantitative estimate of drug-likeness (QED) is 0.565. The highest BCUT2D eigenvalue weighted by atomic mass is 19.1. The number of hydrogen-bond donors (Lipinski definition) is 2. The molecule has 0 aromatic heterocycles. The Morgan fingerprint density at radius 2 is 1.64 bits per heavy atom. The number of benzene rings is 1. The smallest absolute Gasteiger partial charge is 0.329 e. The Bertz CT molecular complexity index is 735. The summed E-state index contributed by atoms with van der Waals surface area (Å²) in [4.78, 5) is 36.8. The van der Waals surface area contributed by atoms with Crippen molar-refractivity contribution in [2.75, 3.05) is 5.73 Å². The Hall–Kier alpha value is -2.64. The second-order valence-corrected chi connectivity index (χ2v) is 8.42. The lowest BCUT2D eigenvalue weighted by Gasteiger charge is -2.25. The first-order valence-electron chi connectivity index (χ1n) is 8.98. The standard InChI is InChI=1S/C20H29FN2O5/c1-19(2,3)27-16(24)10-9-15(18(26)28-20(4,5)6)23-17(25)12-7-8-14(22)13(21)11-12/h7-8,11,15H,9-10,22H2,1-6H3,(H,23,25)/t15-/m0/s1. The number of rotatable bonds is 6. The summed E-state index contributed by atoms with van der Waals surface area (Å²) in [5.74, 6) is -2.62. The topological polar surface area (TPSA) is 108 Å². The lowest BCUT2D eigenvalue weighted by molar-refractivity contribution is -0.158. The van der Waals surface area contributed by atoms with Crippen molar-refractivity contribution < 1.29 is 28.2 Å². The van der Waals surface area contributed by atoms with Gasteiger partial charge in [-0.25, -0.2) is 9.18 Å². The second-order valence-electron chi connectivity index (χ2n) is 8.42. The number of carbonyl (C=O) groups excluding carboxylic acids is 3. The minimum Gasteiger partial charge on any atom is -0.460 e. The maximum atomic E-state index is 13.6. The van der Waals surface area contributed by atoms with Crippen molar-refractivity contribution in [2.24, 2.45) is 0 Å². The summed E-state index contributed by atoms with van der Waals surface area (Å²) in [6.45, 7) is 10.3. The summed E-state index contributed by atoms with van der Waals surface area (Å²) in [6.07, 6.45) is -0.120. The van der Waals surface area contributed by atoms with Crippen LogP contribution in [0.15, 0.2) is 18.2 Å². The zero-order chi connectivity index (χ0) is 21.7. The van der Waals surface area contributed by atoms with Crippen molar-refractivity contribution in [2.45, 2.75) is 71.6 Å². The Kier molecular flexibility index (Phi) is 7.55. The van der Waals surface area contributed by atoms with Crippen molar-refractivity contribution >= 4 is 23.5 Å². The number of hydrogen-bond acceptors (Lipinski definition) is 6. The molecular weight excluding hydrogens is 367 g/mol. The van der Waals surface area contributed by atoms with Gasteiger partial charge in [0, 0.05) is 12.0 Å². The number of halogens is 1. The molecule has 8 heteroatoms. The number of nitrogens with one attached hydrogen (secondary N) is 1. The molecular formula is C20H29FN2O5. The van der Waals surface area contributed by atoms with E-state index in [0.29, 0.717) is 0 Å². The first-order chi connectivity index (χ1) is 12.7. The lowest BCUT2D eigenvalue weighted by Crippen LogP contribution is -2.44. The van der Waals surface area contributed by atoms with E-state index in [9.17, 15) is 18.8 Å². The highest BCUT2D eigenvalue weighted by Gasteiger charge is 2.28. The summed E-state index contributed by atoms with van der Waals surface area (Å²) in [5, 5.41) is 2.49. The van der Waals surface area contributed by atoms with Crippen LogP contribution < -0.4 is 11.1 Å². The molecule has 0 fully saturated rings. The van der Waals surface area contributed by atoms with Gasteiger partial charge in [-0.05, 0) is 66.2 Å². The minimum atomic E-state index is -1.10. The molecule has 1 atom stereocenters. The van der Waals surface area contributed by atoms with E-state index in [1.165, 1.54) is 12.1 Å². The molecule has 1 rings (SSSR count). The lowest BCUT2D eigenvalue weighted by atomic mass is 10.1. The predicted molar refractivity (Wildman–Crippen MR) is 103 cm³/mol. The first-order valence-corrected chi connectivity index (χ1v) is 8.98. The van der Waals surface area contributed by atoms with Crippen LogP contribution in [0.4, 0.5) is 10.1 Å². The summed E-state index contributed by atoms with van der Waals surface area (Å²) in [7, 11) is 0. The molecule has 1 aromatic rings. The second kappa shape index (κ2) is 9.03. The highest BCUT2D eigenvalue weighted by molar-refractivity contribution is 5.97. The minimum absolute atomic E-state index is 0.00229. The maximum Gasteiger partial charge on any atom is 0.329 e. The molecule has 0 aliphatic rings. The van der Waals surface area contributed by atoms with Gasteiger partial charge in [0.05, 0.1) is 5.69 Å². The molecule has 28 heavy (non-hydrogen) atoms. The van der Waals surface area contributed by atoms with Crippen LogP contribution in [0.25, 0.3) is 0 Å². The van der Waals surface area contributed by atoms with E-state index in [2.05, 4.69) is 5.32 Å². The predicted octanol–water partition coefficient (Wildman–Crippen LogP) is 2.97. The fourth-order valence-corrected chi connectivity index (χ4v) is 2.19. The van der Waals surface area contributed by atoms with Crippen LogP contribution >= 0.6 is 0 Å². The van der Waals surface area contributed by atoms with Crippen LogP contribution in [0.1, 0.15) is 64.7 Å². The van der Waals surface area contributed by atoms with E-state index in [0.717, 1.165) is 6.07 Å². The molecule has 1 aromatic carbocycles. The molecule has 3 N–H and O–H groups in total. The zero-order valence-electron chi connectivity index (χ0n) is 17.2. The molecule has 7 nitrogen and oxygen atoms in total. The molecule has 0 spiro atoms. The van der Waals surface area contributed by atoms with E-state index in [-0.39, 0.29) is 24.1 Å². The van der Waals surface area contributed by atoms with Crippen molar-refractivity contribution in [3.8, 4) is 0 Å². The van der Waals surface area contributed by atoms with Gasteiger partial charge in [0.25, 0.3) is 5.91 Å². The van der Waals surface area contributed by atoms with Crippen LogP contribution in [0.3, 0.4) is 0 Å². The third-order valence-corrected chi connectivity index (χ3v) is 3.32. The number of amides is 1. The fourth-order valence-electron chi connectivity index (χ4n) is 2.19. The van der Waals surface area contributed by atoms with Crippen molar-refractivity contribution in [1.82, 2.24) is 5.32 Å². The van der Waals surface area contributed by atoms with E-state index < -0.39 is 40.9 Å². The third kappa shape index (κ3) is 8.37. The highest BCUT2D eigenvalue weighted by Crippen LogP contribution is 2.15. The summed E-state index contributed by atoms with van der Waals surface area (Å²) < 4.78 is 24.1. The molecule has 156 valence electrons. The van der Waals surface area contributed by atoms with E-state index in [1.54, 1.807) is 41.5 Å². The normalized spacial score (nSPS) is 12.8. The molecule has 0 aliphatic heterocycles. The number of esters is 2. The van der Waals surface area contributed by atoms with Gasteiger partial charge in [0.2, 0.25) is 0 Å². The van der Waals surface area contributed by atoms with Crippen molar-refractivity contribution in [1.29, 1.82) is 0 Å². The fraction of sp³-hybridized carbons (Fsp3) is 0.550. The molecule has 0 saturated heterocycles. The average Bonchev–Trinajstić information content (AvgIpc) is 2.50. The Labute approximate surface area is 164 Å². The number of carbonyl (C=O) groups is 3. The number of nitrogens with two attached hydrogens (primary N) is 1. The van der Waals surface area contributed by atoms with Crippen LogP contribution in [0, 0.1) is 5.82 Å². The molecule has 0 bridgehead atoms. The van der Waals surface area contributed by atoms with Crippen molar-refractivity contribution in [3.63, 3.8) is 0 Å².